The molecule has 2 N–H and O–H groups in total. The van der Waals surface area contributed by atoms with Crippen LogP contribution in [0.4, 0.5) is 4.79 Å². The Kier molecular flexibility index (Phi) is 5.85. The van der Waals surface area contributed by atoms with E-state index in [-0.39, 0.29) is 6.03 Å². The number of benzene rings is 2. The normalized spacial score (nSPS) is 10.5. The summed E-state index contributed by atoms with van der Waals surface area (Å²) in [5.41, 5.74) is 2.14. The molecule has 0 heterocycles. The van der Waals surface area contributed by atoms with Crippen molar-refractivity contribution in [3.63, 3.8) is 0 Å². The van der Waals surface area contributed by atoms with Gasteiger partial charge in [-0.3, -0.25) is 0 Å². The van der Waals surface area contributed by atoms with Gasteiger partial charge in [0.15, 0.2) is 0 Å². The van der Waals surface area contributed by atoms with Crippen LogP contribution in [0.2, 0.25) is 5.02 Å². The number of carbonyl (C=O) groups is 1. The Bertz CT molecular complexity index is 611. The molecule has 3 nitrogen and oxygen atoms in total. The summed E-state index contributed by atoms with van der Waals surface area (Å²) < 4.78 is 0. The summed E-state index contributed by atoms with van der Waals surface area (Å²) in [6.07, 6.45) is 4.22. The number of urea groups is 1. The molecule has 0 bridgehead atoms. The third kappa shape index (κ3) is 5.71. The van der Waals surface area contributed by atoms with Crippen LogP contribution in [0, 0.1) is 0 Å². The van der Waals surface area contributed by atoms with Gasteiger partial charge >= 0.3 is 6.03 Å². The predicted molar refractivity (Wildman–Crippen MR) is 87.2 cm³/mol. The van der Waals surface area contributed by atoms with Crippen LogP contribution in [0.1, 0.15) is 11.1 Å². The van der Waals surface area contributed by atoms with Gasteiger partial charge in [0, 0.05) is 17.8 Å². The summed E-state index contributed by atoms with van der Waals surface area (Å²) in [5, 5.41) is 6.18. The Morgan fingerprint density at radius 2 is 1.90 bits per heavy atom. The van der Waals surface area contributed by atoms with Crippen LogP contribution in [-0.4, -0.2) is 12.6 Å². The molecule has 2 rings (SSSR count). The fourth-order valence-electron chi connectivity index (χ4n) is 1.84. The first-order chi connectivity index (χ1) is 10.2. The molecule has 0 saturated carbocycles. The van der Waals surface area contributed by atoms with Crippen LogP contribution in [0.5, 0.6) is 0 Å². The third-order valence-corrected chi connectivity index (χ3v) is 3.11. The van der Waals surface area contributed by atoms with Crippen molar-refractivity contribution >= 4 is 23.7 Å². The van der Waals surface area contributed by atoms with Crippen LogP contribution < -0.4 is 10.6 Å². The molecule has 0 spiro atoms. The number of carbonyl (C=O) groups excluding carboxylic acids is 1. The van der Waals surface area contributed by atoms with E-state index >= 15 is 0 Å². The maximum atomic E-state index is 11.6. The van der Waals surface area contributed by atoms with Gasteiger partial charge in [0.1, 0.15) is 0 Å². The smallest absolute Gasteiger partial charge is 0.318 e. The zero-order valence-corrected chi connectivity index (χ0v) is 12.3. The maximum absolute atomic E-state index is 11.6. The average molecular weight is 301 g/mol. The van der Waals surface area contributed by atoms with E-state index < -0.39 is 0 Å². The molecule has 0 atom stereocenters. The summed E-state index contributed by atoms with van der Waals surface area (Å²) >= 11 is 5.90. The predicted octanol–water partition coefficient (Wildman–Crippen LogP) is 3.85. The van der Waals surface area contributed by atoms with Gasteiger partial charge in [-0.05, 0) is 35.8 Å². The Labute approximate surface area is 129 Å². The van der Waals surface area contributed by atoms with Gasteiger partial charge in [-0.15, -0.1) is 0 Å². The van der Waals surface area contributed by atoms with E-state index in [4.69, 9.17) is 11.6 Å². The molecule has 0 fully saturated rings. The van der Waals surface area contributed by atoms with Crippen LogP contribution in [0.25, 0.3) is 6.08 Å². The van der Waals surface area contributed by atoms with Gasteiger partial charge < -0.3 is 10.6 Å². The lowest BCUT2D eigenvalue weighted by Crippen LogP contribution is -2.33. The van der Waals surface area contributed by atoms with Crippen molar-refractivity contribution < 1.29 is 4.79 Å². The molecule has 0 saturated heterocycles. The van der Waals surface area contributed by atoms with E-state index in [1.54, 1.807) is 6.20 Å². The Hall–Kier alpha value is -2.26. The monoisotopic (exact) mass is 300 g/mol. The fourth-order valence-corrected chi connectivity index (χ4v) is 2.05. The largest absolute Gasteiger partial charge is 0.338 e. The van der Waals surface area contributed by atoms with E-state index in [0.29, 0.717) is 11.6 Å². The summed E-state index contributed by atoms with van der Waals surface area (Å²) in [7, 11) is 0. The van der Waals surface area contributed by atoms with Gasteiger partial charge in [0.2, 0.25) is 0 Å². The first kappa shape index (κ1) is 15.1. The first-order valence-corrected chi connectivity index (χ1v) is 7.12. The highest BCUT2D eigenvalue weighted by molar-refractivity contribution is 6.30. The minimum absolute atomic E-state index is 0.218. The highest BCUT2D eigenvalue weighted by Gasteiger charge is 1.98. The lowest BCUT2D eigenvalue weighted by Gasteiger charge is -2.05. The minimum atomic E-state index is -0.218. The maximum Gasteiger partial charge on any atom is 0.318 e. The summed E-state index contributed by atoms with van der Waals surface area (Å²) in [6, 6.07) is 17.2. The highest BCUT2D eigenvalue weighted by atomic mass is 35.5. The molecule has 2 aromatic carbocycles. The van der Waals surface area contributed by atoms with Gasteiger partial charge in [-0.25, -0.2) is 4.79 Å². The van der Waals surface area contributed by atoms with Gasteiger partial charge in [-0.1, -0.05) is 54.1 Å². The molecule has 2 amide bonds. The van der Waals surface area contributed by atoms with E-state index in [1.807, 2.05) is 60.7 Å². The van der Waals surface area contributed by atoms with Crippen molar-refractivity contribution in [3.05, 3.63) is 76.9 Å². The van der Waals surface area contributed by atoms with Crippen LogP contribution in [-0.2, 0) is 6.42 Å². The summed E-state index contributed by atoms with van der Waals surface area (Å²) in [6.45, 7) is 0.561. The number of hydrogen-bond acceptors (Lipinski definition) is 1. The van der Waals surface area contributed by atoms with Crippen molar-refractivity contribution in [1.82, 2.24) is 10.6 Å². The summed E-state index contributed by atoms with van der Waals surface area (Å²) in [5.74, 6) is 0. The Morgan fingerprint density at radius 1 is 1.10 bits per heavy atom. The Morgan fingerprint density at radius 3 is 2.67 bits per heavy atom. The molecule has 0 aromatic heterocycles. The number of rotatable bonds is 5. The van der Waals surface area contributed by atoms with Crippen LogP contribution in [0.15, 0.2) is 60.8 Å². The average Bonchev–Trinajstić information content (AvgIpc) is 2.48. The molecule has 21 heavy (non-hydrogen) atoms. The SMILES string of the molecule is O=C(N/C=C/c1ccccc1)NCCc1cccc(Cl)c1. The van der Waals surface area contributed by atoms with E-state index in [9.17, 15) is 4.79 Å². The zero-order chi connectivity index (χ0) is 14.9. The second kappa shape index (κ2) is 8.12. The van der Waals surface area contributed by atoms with E-state index in [0.717, 1.165) is 17.5 Å². The minimum Gasteiger partial charge on any atom is -0.338 e. The number of halogens is 1. The van der Waals surface area contributed by atoms with Gasteiger partial charge in [-0.2, -0.15) is 0 Å². The van der Waals surface area contributed by atoms with Crippen molar-refractivity contribution in [2.45, 2.75) is 6.42 Å². The lowest BCUT2D eigenvalue weighted by molar-refractivity contribution is 0.244. The molecule has 0 aliphatic carbocycles. The van der Waals surface area contributed by atoms with Crippen molar-refractivity contribution in [1.29, 1.82) is 0 Å². The van der Waals surface area contributed by atoms with Crippen LogP contribution >= 0.6 is 11.6 Å². The fraction of sp³-hybridized carbons (Fsp3) is 0.118. The third-order valence-electron chi connectivity index (χ3n) is 2.88. The molecule has 0 aliphatic rings. The standard InChI is InChI=1S/C17H17ClN2O/c18-16-8-4-7-15(13-16)10-12-20-17(21)19-11-9-14-5-2-1-3-6-14/h1-9,11,13H,10,12H2,(H2,19,20,21)/b11-9+. The van der Waals surface area contributed by atoms with E-state index in [1.165, 1.54) is 0 Å². The van der Waals surface area contributed by atoms with Gasteiger partial charge in [0.25, 0.3) is 0 Å². The topological polar surface area (TPSA) is 41.1 Å². The molecule has 2 aromatic rings. The highest BCUT2D eigenvalue weighted by Crippen LogP contribution is 2.10. The van der Waals surface area contributed by atoms with E-state index in [2.05, 4.69) is 10.6 Å². The Balaban J connectivity index is 1.69. The van der Waals surface area contributed by atoms with Gasteiger partial charge in [0.05, 0.1) is 0 Å². The molecule has 0 aliphatic heterocycles. The molecular formula is C17H17ClN2O. The summed E-state index contributed by atoms with van der Waals surface area (Å²) in [4.78, 5) is 11.6. The molecular weight excluding hydrogens is 284 g/mol. The second-order valence-corrected chi connectivity index (χ2v) is 4.96. The molecule has 4 heteroatoms. The quantitative estimate of drug-likeness (QED) is 0.865. The zero-order valence-electron chi connectivity index (χ0n) is 11.6. The lowest BCUT2D eigenvalue weighted by atomic mass is 10.1. The molecule has 108 valence electrons. The van der Waals surface area contributed by atoms with Crippen molar-refractivity contribution in [2.75, 3.05) is 6.54 Å². The van der Waals surface area contributed by atoms with Crippen LogP contribution in [0.3, 0.4) is 0 Å². The van der Waals surface area contributed by atoms with Crippen molar-refractivity contribution in [2.24, 2.45) is 0 Å². The first-order valence-electron chi connectivity index (χ1n) is 6.74. The number of nitrogens with one attached hydrogen (secondary N) is 2. The second-order valence-electron chi connectivity index (χ2n) is 4.52. The van der Waals surface area contributed by atoms with Crippen molar-refractivity contribution in [3.8, 4) is 0 Å². The number of hydrogen-bond donors (Lipinski definition) is 2. The number of amides is 2. The molecule has 0 radical (unpaired) electrons. The molecule has 0 unspecified atom stereocenters.